The fourth-order valence-corrected chi connectivity index (χ4v) is 3.04. The molecule has 0 saturated heterocycles. The van der Waals surface area contributed by atoms with Crippen molar-refractivity contribution in [2.24, 2.45) is 7.05 Å². The van der Waals surface area contributed by atoms with Gasteiger partial charge < -0.3 is 14.8 Å². The molecule has 0 bridgehead atoms. The highest BCUT2D eigenvalue weighted by molar-refractivity contribution is 6.11. The second-order valence-electron chi connectivity index (χ2n) is 6.54. The Morgan fingerprint density at radius 2 is 2.00 bits per heavy atom. The van der Waals surface area contributed by atoms with Crippen LogP contribution in [0.3, 0.4) is 0 Å². The number of fused-ring (bicyclic) bond motifs is 1. The molecule has 1 N–H and O–H groups in total. The first kappa shape index (κ1) is 21.8. The zero-order valence-corrected chi connectivity index (χ0v) is 17.4. The Morgan fingerprint density at radius 1 is 1.19 bits per heavy atom. The van der Waals surface area contributed by atoms with Gasteiger partial charge in [0.25, 0.3) is 11.5 Å². The standard InChI is InChI=1S/C22H22N4O5/c1-26-20-15(7-5-11-23-20)19(31-3)18(22(26)29)17(27)10-9-14-6-4-8-16(25-14)21(28)24-12-13-30-2/h4-11H,12-13H2,1-3H3,(H,24,28)/b10-9+. The van der Waals surface area contributed by atoms with Gasteiger partial charge in [0, 0.05) is 26.9 Å². The number of allylic oxidation sites excluding steroid dienone is 1. The van der Waals surface area contributed by atoms with Crippen molar-refractivity contribution in [2.75, 3.05) is 27.4 Å². The number of hydrogen-bond donors (Lipinski definition) is 1. The number of carbonyl (C=O) groups excluding carboxylic acids is 2. The summed E-state index contributed by atoms with van der Waals surface area (Å²) in [6.07, 6.45) is 4.24. The van der Waals surface area contributed by atoms with Gasteiger partial charge in [-0.25, -0.2) is 9.97 Å². The van der Waals surface area contributed by atoms with E-state index < -0.39 is 11.3 Å². The summed E-state index contributed by atoms with van der Waals surface area (Å²) in [5, 5.41) is 3.23. The van der Waals surface area contributed by atoms with Crippen LogP contribution in [0.1, 0.15) is 26.5 Å². The Labute approximate surface area is 178 Å². The minimum atomic E-state index is -0.542. The van der Waals surface area contributed by atoms with Crippen molar-refractivity contribution in [1.82, 2.24) is 19.9 Å². The molecule has 0 unspecified atom stereocenters. The minimum Gasteiger partial charge on any atom is -0.495 e. The molecule has 3 aromatic rings. The number of nitrogens with one attached hydrogen (secondary N) is 1. The molecule has 0 aliphatic heterocycles. The number of rotatable bonds is 8. The third-order valence-electron chi connectivity index (χ3n) is 4.55. The molecule has 0 aliphatic carbocycles. The van der Waals surface area contributed by atoms with E-state index >= 15 is 0 Å². The third-order valence-corrected chi connectivity index (χ3v) is 4.55. The Hall–Kier alpha value is -3.85. The number of hydrogen-bond acceptors (Lipinski definition) is 7. The maximum absolute atomic E-state index is 12.9. The lowest BCUT2D eigenvalue weighted by molar-refractivity contribution is 0.0931. The van der Waals surface area contributed by atoms with Gasteiger partial charge in [0.1, 0.15) is 22.7 Å². The predicted molar refractivity (Wildman–Crippen MR) is 115 cm³/mol. The fraction of sp³-hybridized carbons (Fsp3) is 0.227. The van der Waals surface area contributed by atoms with Crippen molar-refractivity contribution in [3.63, 3.8) is 0 Å². The smallest absolute Gasteiger partial charge is 0.269 e. The molecule has 0 spiro atoms. The number of nitrogens with zero attached hydrogens (tertiary/aromatic N) is 3. The summed E-state index contributed by atoms with van der Waals surface area (Å²) in [6.45, 7) is 0.743. The number of methoxy groups -OCH3 is 2. The molecule has 160 valence electrons. The molecule has 0 fully saturated rings. The first-order valence-electron chi connectivity index (χ1n) is 9.46. The number of aryl methyl sites for hydroxylation is 1. The van der Waals surface area contributed by atoms with Gasteiger partial charge in [-0.1, -0.05) is 6.07 Å². The van der Waals surface area contributed by atoms with E-state index in [9.17, 15) is 14.4 Å². The molecule has 0 aliphatic rings. The topological polar surface area (TPSA) is 112 Å². The van der Waals surface area contributed by atoms with Crippen LogP contribution in [-0.2, 0) is 11.8 Å². The molecule has 9 nitrogen and oxygen atoms in total. The molecule has 1 amide bonds. The molecule has 9 heteroatoms. The van der Waals surface area contributed by atoms with Gasteiger partial charge in [0.2, 0.25) is 0 Å². The van der Waals surface area contributed by atoms with E-state index in [1.807, 2.05) is 0 Å². The zero-order chi connectivity index (χ0) is 22.4. The van der Waals surface area contributed by atoms with Crippen LogP contribution in [0.15, 0.2) is 47.4 Å². The summed E-state index contributed by atoms with van der Waals surface area (Å²) in [6, 6.07) is 8.30. The molecule has 3 rings (SSSR count). The van der Waals surface area contributed by atoms with Gasteiger partial charge in [-0.15, -0.1) is 0 Å². The highest BCUT2D eigenvalue weighted by atomic mass is 16.5. The van der Waals surface area contributed by atoms with Crippen molar-refractivity contribution >= 4 is 28.8 Å². The van der Waals surface area contributed by atoms with Crippen molar-refractivity contribution in [2.45, 2.75) is 0 Å². The molecule has 3 heterocycles. The Morgan fingerprint density at radius 3 is 2.74 bits per heavy atom. The van der Waals surface area contributed by atoms with E-state index in [-0.39, 0.29) is 22.9 Å². The van der Waals surface area contributed by atoms with E-state index in [4.69, 9.17) is 9.47 Å². The van der Waals surface area contributed by atoms with Crippen LogP contribution in [0, 0.1) is 0 Å². The van der Waals surface area contributed by atoms with E-state index in [1.54, 1.807) is 50.7 Å². The van der Waals surface area contributed by atoms with Gasteiger partial charge in [-0.05, 0) is 36.4 Å². The largest absolute Gasteiger partial charge is 0.495 e. The number of ketones is 1. The van der Waals surface area contributed by atoms with E-state index in [0.717, 1.165) is 0 Å². The van der Waals surface area contributed by atoms with Crippen LogP contribution >= 0.6 is 0 Å². The van der Waals surface area contributed by atoms with Crippen molar-refractivity contribution < 1.29 is 19.1 Å². The SMILES string of the molecule is COCCNC(=O)c1cccc(/C=C/C(=O)c2c(OC)c3cccnc3n(C)c2=O)n1. The lowest BCUT2D eigenvalue weighted by Gasteiger charge is -2.12. The van der Waals surface area contributed by atoms with Crippen LogP contribution in [-0.4, -0.2) is 53.6 Å². The van der Waals surface area contributed by atoms with E-state index in [1.165, 1.54) is 23.8 Å². The Bertz CT molecular complexity index is 1220. The first-order chi connectivity index (χ1) is 15.0. The fourth-order valence-electron chi connectivity index (χ4n) is 3.04. The number of aromatic nitrogens is 3. The van der Waals surface area contributed by atoms with Gasteiger partial charge in [0.05, 0.1) is 24.8 Å². The number of ether oxygens (including phenoxy) is 2. The molecule has 0 aromatic carbocycles. The minimum absolute atomic E-state index is 0.102. The number of amides is 1. The van der Waals surface area contributed by atoms with Crippen molar-refractivity contribution in [1.29, 1.82) is 0 Å². The molecule has 0 saturated carbocycles. The van der Waals surface area contributed by atoms with Crippen molar-refractivity contribution in [3.8, 4) is 5.75 Å². The monoisotopic (exact) mass is 422 g/mol. The van der Waals surface area contributed by atoms with Crippen LogP contribution in [0.4, 0.5) is 0 Å². The van der Waals surface area contributed by atoms with Crippen molar-refractivity contribution in [3.05, 3.63) is 69.9 Å². The quantitative estimate of drug-likeness (QED) is 0.333. The van der Waals surface area contributed by atoms with Crippen LogP contribution in [0.5, 0.6) is 5.75 Å². The summed E-state index contributed by atoms with van der Waals surface area (Å²) in [7, 11) is 4.49. The van der Waals surface area contributed by atoms with E-state index in [2.05, 4.69) is 15.3 Å². The van der Waals surface area contributed by atoms with Crippen LogP contribution in [0.2, 0.25) is 0 Å². The first-order valence-corrected chi connectivity index (χ1v) is 9.46. The maximum atomic E-state index is 12.9. The summed E-state index contributed by atoms with van der Waals surface area (Å²) in [5.74, 6) is -0.726. The van der Waals surface area contributed by atoms with Gasteiger partial charge in [-0.2, -0.15) is 0 Å². The lowest BCUT2D eigenvalue weighted by Crippen LogP contribution is -2.27. The molecular formula is C22H22N4O5. The van der Waals surface area contributed by atoms with Crippen LogP contribution in [0.25, 0.3) is 17.1 Å². The molecule has 0 radical (unpaired) electrons. The normalized spacial score (nSPS) is 11.1. The molecule has 31 heavy (non-hydrogen) atoms. The summed E-state index contributed by atoms with van der Waals surface area (Å²) in [4.78, 5) is 46.2. The molecule has 3 aromatic heterocycles. The summed E-state index contributed by atoms with van der Waals surface area (Å²) < 4.78 is 11.6. The predicted octanol–water partition coefficient (Wildman–Crippen LogP) is 1.61. The maximum Gasteiger partial charge on any atom is 0.269 e. The van der Waals surface area contributed by atoms with Gasteiger partial charge in [0.15, 0.2) is 5.78 Å². The third kappa shape index (κ3) is 4.67. The second kappa shape index (κ2) is 9.77. The van der Waals surface area contributed by atoms with Gasteiger partial charge in [-0.3, -0.25) is 19.0 Å². The highest BCUT2D eigenvalue weighted by Gasteiger charge is 2.21. The number of carbonyl (C=O) groups is 2. The second-order valence-corrected chi connectivity index (χ2v) is 6.54. The average Bonchev–Trinajstić information content (AvgIpc) is 2.80. The van der Waals surface area contributed by atoms with Crippen LogP contribution < -0.4 is 15.6 Å². The zero-order valence-electron chi connectivity index (χ0n) is 17.4. The molecule has 0 atom stereocenters. The van der Waals surface area contributed by atoms with E-state index in [0.29, 0.717) is 29.9 Å². The average molecular weight is 422 g/mol. The Balaban J connectivity index is 1.91. The summed E-state index contributed by atoms with van der Waals surface area (Å²) >= 11 is 0. The molecular weight excluding hydrogens is 400 g/mol. The van der Waals surface area contributed by atoms with Gasteiger partial charge >= 0.3 is 0 Å². The Kier molecular flexibility index (Phi) is 6.88. The lowest BCUT2D eigenvalue weighted by atomic mass is 10.1. The summed E-state index contributed by atoms with van der Waals surface area (Å²) in [5.41, 5.74) is 0.396. The number of pyridine rings is 3. The highest BCUT2D eigenvalue weighted by Crippen LogP contribution is 2.26.